The number of piperazine rings is 1. The van der Waals surface area contributed by atoms with Crippen LogP contribution in [0.15, 0.2) is 84.6 Å². The number of nitrogen functional groups attached to an aromatic ring is 1. The lowest BCUT2D eigenvalue weighted by Crippen LogP contribution is -2.48. The highest BCUT2D eigenvalue weighted by Gasteiger charge is 2.26. The number of fused-ring (bicyclic) bond motifs is 1. The van der Waals surface area contributed by atoms with Crippen LogP contribution in [0.2, 0.25) is 0 Å². The van der Waals surface area contributed by atoms with Gasteiger partial charge < -0.3 is 27.0 Å². The zero-order valence-corrected chi connectivity index (χ0v) is 23.6. The number of rotatable bonds is 6. The maximum atomic E-state index is 13.6. The van der Waals surface area contributed by atoms with Gasteiger partial charge in [0.2, 0.25) is 0 Å². The Balaban J connectivity index is 1.26. The average Bonchev–Trinajstić information content (AvgIpc) is 3.48. The van der Waals surface area contributed by atoms with Crippen molar-refractivity contribution < 1.29 is 9.59 Å². The molecule has 0 spiro atoms. The molecule has 1 aliphatic rings. The second-order valence-corrected chi connectivity index (χ2v) is 10.9. The predicted molar refractivity (Wildman–Crippen MR) is 168 cm³/mol. The van der Waals surface area contributed by atoms with Crippen molar-refractivity contribution in [2.24, 2.45) is 11.5 Å². The van der Waals surface area contributed by atoms with Crippen LogP contribution in [0.1, 0.15) is 15.9 Å². The molecule has 0 unspecified atom stereocenters. The third-order valence-corrected chi connectivity index (χ3v) is 8.52. The first-order valence-corrected chi connectivity index (χ1v) is 14.4. The Morgan fingerprint density at radius 3 is 2.38 bits per heavy atom. The van der Waals surface area contributed by atoms with Gasteiger partial charge >= 0.3 is 6.03 Å². The molecular formula is C31H30N8O2S. The second kappa shape index (κ2) is 11.5. The van der Waals surface area contributed by atoms with Crippen molar-refractivity contribution in [1.82, 2.24) is 14.9 Å². The van der Waals surface area contributed by atoms with Gasteiger partial charge in [-0.1, -0.05) is 24.3 Å². The van der Waals surface area contributed by atoms with E-state index in [9.17, 15) is 9.59 Å². The molecule has 212 valence electrons. The number of primary amides is 1. The monoisotopic (exact) mass is 578 g/mol. The van der Waals surface area contributed by atoms with Gasteiger partial charge in [-0.25, -0.2) is 9.78 Å². The first-order valence-electron chi connectivity index (χ1n) is 13.5. The minimum absolute atomic E-state index is 0.0533. The molecule has 3 aromatic heterocycles. The van der Waals surface area contributed by atoms with E-state index in [4.69, 9.17) is 17.2 Å². The maximum absolute atomic E-state index is 13.6. The summed E-state index contributed by atoms with van der Waals surface area (Å²) in [6.07, 6.45) is 5.14. The molecule has 0 atom stereocenters. The van der Waals surface area contributed by atoms with Crippen LogP contribution in [0.5, 0.6) is 0 Å². The minimum atomic E-state index is -0.601. The first-order chi connectivity index (χ1) is 20.4. The number of hydrogen-bond acceptors (Lipinski definition) is 8. The number of aromatic nitrogens is 2. The van der Waals surface area contributed by atoms with E-state index in [-0.39, 0.29) is 5.91 Å². The van der Waals surface area contributed by atoms with Crippen LogP contribution in [0, 0.1) is 0 Å². The van der Waals surface area contributed by atoms with E-state index in [2.05, 4.69) is 14.9 Å². The minimum Gasteiger partial charge on any atom is -0.383 e. The highest BCUT2D eigenvalue weighted by molar-refractivity contribution is 7.18. The molecule has 1 saturated heterocycles. The first kappa shape index (κ1) is 27.2. The van der Waals surface area contributed by atoms with E-state index in [1.165, 1.54) is 16.2 Å². The molecule has 42 heavy (non-hydrogen) atoms. The number of nitrogens with zero attached hydrogens (tertiary/aromatic N) is 5. The summed E-state index contributed by atoms with van der Waals surface area (Å²) in [6.45, 7) is 3.05. The number of carbonyl (C=O) groups is 2. The third-order valence-electron chi connectivity index (χ3n) is 7.51. The molecule has 0 radical (unpaired) electrons. The molecule has 2 aromatic carbocycles. The summed E-state index contributed by atoms with van der Waals surface area (Å²) < 4.78 is 0.806. The Labute approximate surface area is 247 Å². The Hall–Kier alpha value is -5.00. The van der Waals surface area contributed by atoms with Gasteiger partial charge in [0.05, 0.1) is 21.6 Å². The van der Waals surface area contributed by atoms with E-state index in [0.29, 0.717) is 42.4 Å². The fourth-order valence-electron chi connectivity index (χ4n) is 5.34. The van der Waals surface area contributed by atoms with Gasteiger partial charge in [-0.3, -0.25) is 14.7 Å². The van der Waals surface area contributed by atoms with Crippen LogP contribution in [-0.2, 0) is 6.54 Å². The number of carbonyl (C=O) groups excluding carboxylic acids is 2. The third kappa shape index (κ3) is 5.11. The quantitative estimate of drug-likeness (QED) is 0.267. The largest absolute Gasteiger partial charge is 0.383 e. The number of anilines is 4. The average molecular weight is 579 g/mol. The van der Waals surface area contributed by atoms with Gasteiger partial charge in [-0.2, -0.15) is 0 Å². The zero-order valence-electron chi connectivity index (χ0n) is 22.8. The number of amides is 3. The number of pyridine rings is 2. The summed E-state index contributed by atoms with van der Waals surface area (Å²) in [5, 5.41) is 2.74. The second-order valence-electron chi connectivity index (χ2n) is 9.99. The van der Waals surface area contributed by atoms with Crippen molar-refractivity contribution in [2.45, 2.75) is 6.54 Å². The molecular weight excluding hydrogens is 548 g/mol. The van der Waals surface area contributed by atoms with Crippen molar-refractivity contribution in [3.8, 4) is 11.1 Å². The summed E-state index contributed by atoms with van der Waals surface area (Å²) in [5.74, 6) is 0.309. The number of nitrogens with two attached hydrogens (primary N) is 3. The predicted octanol–water partition coefficient (Wildman–Crippen LogP) is 4.58. The molecule has 0 saturated carbocycles. The summed E-state index contributed by atoms with van der Waals surface area (Å²) in [5.41, 5.74) is 23.5. The molecule has 0 bridgehead atoms. The highest BCUT2D eigenvalue weighted by atomic mass is 32.1. The topological polar surface area (TPSA) is 148 Å². The maximum Gasteiger partial charge on any atom is 0.323 e. The Bertz CT molecular complexity index is 1750. The van der Waals surface area contributed by atoms with Crippen LogP contribution in [0.25, 0.3) is 21.2 Å². The van der Waals surface area contributed by atoms with Gasteiger partial charge in [0.1, 0.15) is 5.82 Å². The number of urea groups is 1. The number of thiophene rings is 1. The van der Waals surface area contributed by atoms with Crippen LogP contribution >= 0.6 is 11.3 Å². The van der Waals surface area contributed by atoms with Crippen molar-refractivity contribution in [3.63, 3.8) is 0 Å². The number of benzene rings is 2. The van der Waals surface area contributed by atoms with Gasteiger partial charge in [0, 0.05) is 68.0 Å². The van der Waals surface area contributed by atoms with E-state index in [0.717, 1.165) is 45.6 Å². The Kier molecular flexibility index (Phi) is 7.43. The fourth-order valence-corrected chi connectivity index (χ4v) is 6.43. The smallest absolute Gasteiger partial charge is 0.323 e. The van der Waals surface area contributed by atoms with Crippen molar-refractivity contribution >= 4 is 56.2 Å². The molecule has 3 amide bonds. The standard InChI is InChI=1S/C31H30N8O2S/c32-17-20-2-1-3-24(16-20)39(31(34)41)23-6-4-21(5-7-23)26-19-42-28-25(18-36-29(33)27(26)28)30(40)38-14-12-37(13-15-38)22-8-10-35-11-9-22/h1-11,16,18-19H,12-15,17,32H2,(H2,33,36)(H2,34,41). The molecule has 4 heterocycles. The van der Waals surface area contributed by atoms with Crippen LogP contribution in [0.3, 0.4) is 0 Å². The fraction of sp³-hybridized carbons (Fsp3) is 0.161. The van der Waals surface area contributed by atoms with Crippen LogP contribution < -0.4 is 27.0 Å². The summed E-state index contributed by atoms with van der Waals surface area (Å²) in [4.78, 5) is 40.1. The van der Waals surface area contributed by atoms with Crippen molar-refractivity contribution in [1.29, 1.82) is 0 Å². The lowest BCUT2D eigenvalue weighted by atomic mass is 10.0. The van der Waals surface area contributed by atoms with Gasteiger partial charge in [-0.15, -0.1) is 11.3 Å². The van der Waals surface area contributed by atoms with E-state index >= 15 is 0 Å². The molecule has 0 aliphatic carbocycles. The molecule has 6 N–H and O–H groups in total. The van der Waals surface area contributed by atoms with E-state index < -0.39 is 6.03 Å². The molecule has 1 fully saturated rings. The molecule has 10 nitrogen and oxygen atoms in total. The summed E-state index contributed by atoms with van der Waals surface area (Å²) >= 11 is 1.47. The SMILES string of the molecule is NCc1cccc(N(C(N)=O)c2ccc(-c3csc4c(C(=O)N5CCN(c6ccncc6)CC5)cnc(N)c34)cc2)c1. The Morgan fingerprint density at radius 1 is 0.952 bits per heavy atom. The zero-order chi connectivity index (χ0) is 29.2. The van der Waals surface area contributed by atoms with Gasteiger partial charge in [0.25, 0.3) is 5.91 Å². The van der Waals surface area contributed by atoms with Crippen molar-refractivity contribution in [3.05, 3.63) is 95.8 Å². The van der Waals surface area contributed by atoms with E-state index in [1.807, 2.05) is 70.9 Å². The molecule has 11 heteroatoms. The lowest BCUT2D eigenvalue weighted by molar-refractivity contribution is 0.0748. The van der Waals surface area contributed by atoms with Gasteiger partial charge in [0.15, 0.2) is 0 Å². The normalized spacial score (nSPS) is 13.4. The van der Waals surface area contributed by atoms with Crippen LogP contribution in [-0.4, -0.2) is 53.0 Å². The highest BCUT2D eigenvalue weighted by Crippen LogP contribution is 2.40. The molecule has 1 aliphatic heterocycles. The molecule has 5 aromatic rings. The summed E-state index contributed by atoms with van der Waals surface area (Å²) in [6, 6.07) is 18.2. The van der Waals surface area contributed by atoms with E-state index in [1.54, 1.807) is 18.6 Å². The van der Waals surface area contributed by atoms with Gasteiger partial charge in [-0.05, 0) is 52.9 Å². The Morgan fingerprint density at radius 2 is 1.69 bits per heavy atom. The lowest BCUT2D eigenvalue weighted by Gasteiger charge is -2.36. The number of hydrogen-bond donors (Lipinski definition) is 3. The van der Waals surface area contributed by atoms with Crippen molar-refractivity contribution in [2.75, 3.05) is 41.7 Å². The van der Waals surface area contributed by atoms with Crippen LogP contribution in [0.4, 0.5) is 27.7 Å². The summed E-state index contributed by atoms with van der Waals surface area (Å²) in [7, 11) is 0. The molecule has 6 rings (SSSR count).